The van der Waals surface area contributed by atoms with Gasteiger partial charge in [0.05, 0.1) is 39.4 Å². The first-order chi connectivity index (χ1) is 24.4. The molecule has 0 bridgehead atoms. The molecule has 0 aliphatic carbocycles. The van der Waals surface area contributed by atoms with E-state index < -0.39 is 24.8 Å². The van der Waals surface area contributed by atoms with Gasteiger partial charge >= 0.3 is 12.2 Å². The zero-order chi connectivity index (χ0) is 35.0. The molecule has 5 aromatic heterocycles. The maximum Gasteiger partial charge on any atom is 0.410 e. The van der Waals surface area contributed by atoms with E-state index in [1.165, 1.54) is 0 Å². The Labute approximate surface area is 307 Å². The fourth-order valence-electron chi connectivity index (χ4n) is 4.54. The highest BCUT2D eigenvalue weighted by Crippen LogP contribution is 2.20. The predicted octanol–water partition coefficient (Wildman–Crippen LogP) is 8.49. The van der Waals surface area contributed by atoms with Gasteiger partial charge in [-0.15, -0.1) is 45.3 Å². The molecule has 2 unspecified atom stereocenters. The fourth-order valence-corrected chi connectivity index (χ4v) is 7.41. The average molecular weight is 758 g/mol. The van der Waals surface area contributed by atoms with Crippen LogP contribution in [0.4, 0.5) is 9.59 Å². The molecular formula is C35H39N3O8S4. The summed E-state index contributed by atoms with van der Waals surface area (Å²) in [6, 6.07) is 21.0. The lowest BCUT2D eigenvalue weighted by Gasteiger charge is -2.21. The Bertz CT molecular complexity index is 1480. The molecule has 0 N–H and O–H groups in total. The van der Waals surface area contributed by atoms with E-state index in [0.29, 0.717) is 37.9 Å². The van der Waals surface area contributed by atoms with Gasteiger partial charge in [0.1, 0.15) is 13.2 Å². The summed E-state index contributed by atoms with van der Waals surface area (Å²) in [4.78, 5) is 37.8. The smallest absolute Gasteiger partial charge is 0.410 e. The number of amides is 2. The molecule has 5 rings (SSSR count). The normalized spacial score (nSPS) is 12.2. The van der Waals surface area contributed by atoms with Crippen LogP contribution in [0.5, 0.6) is 11.8 Å². The van der Waals surface area contributed by atoms with E-state index in [2.05, 4.69) is 4.98 Å². The lowest BCUT2D eigenvalue weighted by atomic mass is 10.4. The molecule has 50 heavy (non-hydrogen) atoms. The molecule has 0 aromatic carbocycles. The molecule has 5 aromatic rings. The van der Waals surface area contributed by atoms with Gasteiger partial charge in [-0.2, -0.15) is 4.98 Å². The van der Waals surface area contributed by atoms with Crippen molar-refractivity contribution in [3.63, 3.8) is 0 Å². The van der Waals surface area contributed by atoms with E-state index in [-0.39, 0.29) is 26.4 Å². The summed E-state index contributed by atoms with van der Waals surface area (Å²) in [5.74, 6) is 0.588. The molecule has 0 saturated heterocycles. The van der Waals surface area contributed by atoms with Crippen LogP contribution in [0.3, 0.4) is 0 Å². The molecule has 0 radical (unpaired) electrons. The number of nitrogens with zero attached hydrogens (tertiary/aromatic N) is 3. The molecule has 2 atom stereocenters. The number of carbonyl (C=O) groups is 2. The van der Waals surface area contributed by atoms with Gasteiger partial charge < -0.3 is 28.4 Å². The van der Waals surface area contributed by atoms with E-state index in [9.17, 15) is 9.59 Å². The number of rotatable bonds is 20. The Morgan fingerprint density at radius 1 is 0.560 bits per heavy atom. The largest absolute Gasteiger partial charge is 0.448 e. The van der Waals surface area contributed by atoms with E-state index >= 15 is 0 Å². The van der Waals surface area contributed by atoms with Gasteiger partial charge in [0.15, 0.2) is 12.6 Å². The molecule has 11 nitrogen and oxygen atoms in total. The lowest BCUT2D eigenvalue weighted by Crippen LogP contribution is -2.31. The molecule has 0 saturated carbocycles. The summed E-state index contributed by atoms with van der Waals surface area (Å²) >= 11 is 6.39. The van der Waals surface area contributed by atoms with Crippen molar-refractivity contribution in [2.45, 2.75) is 52.6 Å². The van der Waals surface area contributed by atoms with Crippen molar-refractivity contribution in [1.82, 2.24) is 14.8 Å². The summed E-state index contributed by atoms with van der Waals surface area (Å²) in [7, 11) is 0. The van der Waals surface area contributed by atoms with E-state index in [4.69, 9.17) is 28.4 Å². The highest BCUT2D eigenvalue weighted by Gasteiger charge is 2.19. The molecule has 0 fully saturated rings. The molecule has 5 heterocycles. The van der Waals surface area contributed by atoms with E-state index in [1.807, 2.05) is 70.1 Å². The van der Waals surface area contributed by atoms with Crippen LogP contribution in [-0.2, 0) is 45.1 Å². The summed E-state index contributed by atoms with van der Waals surface area (Å²) in [5.41, 5.74) is 0. The van der Waals surface area contributed by atoms with Crippen LogP contribution in [0.25, 0.3) is 0 Å². The van der Waals surface area contributed by atoms with Crippen LogP contribution in [0, 0.1) is 0 Å². The first-order valence-electron chi connectivity index (χ1n) is 15.9. The molecular weight excluding hydrogens is 719 g/mol. The fraction of sp³-hybridized carbons (Fsp3) is 0.343. The third-order valence-electron chi connectivity index (χ3n) is 6.82. The number of pyridine rings is 1. The summed E-state index contributed by atoms with van der Waals surface area (Å²) < 4.78 is 34.0. The average Bonchev–Trinajstić information content (AvgIpc) is 3.95. The molecule has 2 amide bonds. The SMILES string of the molecule is CC(OCCOC(=O)N(Cc1cccs1)Cc1cccs1)Oc1cccc(OC(C)OCCOC(=O)N(Cc2cccs2)Cc2cccs2)n1. The monoisotopic (exact) mass is 757 g/mol. The molecule has 15 heteroatoms. The van der Waals surface area contributed by atoms with Gasteiger partial charge in [-0.1, -0.05) is 30.3 Å². The Kier molecular flexibility index (Phi) is 14.9. The van der Waals surface area contributed by atoms with Crippen LogP contribution < -0.4 is 9.47 Å². The van der Waals surface area contributed by atoms with Crippen LogP contribution >= 0.6 is 45.3 Å². The van der Waals surface area contributed by atoms with Crippen molar-refractivity contribution >= 4 is 57.5 Å². The predicted molar refractivity (Wildman–Crippen MR) is 195 cm³/mol. The first kappa shape index (κ1) is 37.3. The Hall–Kier alpha value is -3.99. The van der Waals surface area contributed by atoms with Crippen LogP contribution in [-0.4, -0.2) is 66.0 Å². The summed E-state index contributed by atoms with van der Waals surface area (Å²) in [6.45, 7) is 5.78. The van der Waals surface area contributed by atoms with Crippen molar-refractivity contribution in [2.75, 3.05) is 26.4 Å². The van der Waals surface area contributed by atoms with Crippen molar-refractivity contribution in [3.8, 4) is 11.8 Å². The van der Waals surface area contributed by atoms with Crippen LogP contribution in [0.2, 0.25) is 0 Å². The van der Waals surface area contributed by atoms with E-state index in [0.717, 1.165) is 19.5 Å². The lowest BCUT2D eigenvalue weighted by molar-refractivity contribution is -0.0857. The van der Waals surface area contributed by atoms with Crippen LogP contribution in [0.1, 0.15) is 33.4 Å². The van der Waals surface area contributed by atoms with Crippen molar-refractivity contribution in [3.05, 3.63) is 108 Å². The van der Waals surface area contributed by atoms with Crippen molar-refractivity contribution in [2.24, 2.45) is 0 Å². The van der Waals surface area contributed by atoms with Gasteiger partial charge in [-0.05, 0) is 59.6 Å². The quantitative estimate of drug-likeness (QED) is 0.0571. The second kappa shape index (κ2) is 20.0. The second-order valence-corrected chi connectivity index (χ2v) is 14.8. The Balaban J connectivity index is 0.986. The van der Waals surface area contributed by atoms with Crippen LogP contribution in [0.15, 0.2) is 88.3 Å². The van der Waals surface area contributed by atoms with E-state index in [1.54, 1.807) is 87.2 Å². The van der Waals surface area contributed by atoms with Gasteiger partial charge in [0.25, 0.3) is 0 Å². The zero-order valence-corrected chi connectivity index (χ0v) is 31.0. The highest BCUT2D eigenvalue weighted by molar-refractivity contribution is 7.10. The number of carbonyl (C=O) groups excluding carboxylic acids is 2. The summed E-state index contributed by atoms with van der Waals surface area (Å²) in [6.07, 6.45) is -2.13. The standard InChI is InChI=1S/C35H39N3O8S4/c1-26(41-14-16-43-34(39)37(22-28-8-4-18-47-28)23-29-9-5-19-48-29)45-32-12-3-13-33(36-32)46-27(2)42-15-17-44-35(40)38(24-30-10-6-20-49-30)25-31-11-7-21-50-31/h3-13,18-21,26-27H,14-17,22-25H2,1-2H3. The Morgan fingerprint density at radius 2 is 0.920 bits per heavy atom. The maximum atomic E-state index is 12.9. The topological polar surface area (TPSA) is 109 Å². The van der Waals surface area contributed by atoms with Crippen molar-refractivity contribution < 1.29 is 38.0 Å². The minimum absolute atomic E-state index is 0.0694. The molecule has 0 aliphatic rings. The third-order valence-corrected chi connectivity index (χ3v) is 10.3. The summed E-state index contributed by atoms with van der Waals surface area (Å²) in [5, 5.41) is 7.95. The highest BCUT2D eigenvalue weighted by atomic mass is 32.1. The minimum atomic E-state index is -0.660. The first-order valence-corrected chi connectivity index (χ1v) is 19.4. The van der Waals surface area contributed by atoms with Gasteiger partial charge in [-0.25, -0.2) is 9.59 Å². The molecule has 0 aliphatic heterocycles. The number of hydrogen-bond donors (Lipinski definition) is 0. The minimum Gasteiger partial charge on any atom is -0.448 e. The van der Waals surface area contributed by atoms with Gasteiger partial charge in [0.2, 0.25) is 11.8 Å². The van der Waals surface area contributed by atoms with Gasteiger partial charge in [0, 0.05) is 31.6 Å². The molecule has 266 valence electrons. The second-order valence-electron chi connectivity index (χ2n) is 10.7. The molecule has 0 spiro atoms. The third kappa shape index (κ3) is 12.7. The Morgan fingerprint density at radius 3 is 1.24 bits per heavy atom. The number of hydrogen-bond acceptors (Lipinski definition) is 13. The number of ether oxygens (including phenoxy) is 6. The zero-order valence-electron chi connectivity index (χ0n) is 27.7. The number of thiophene rings is 4. The van der Waals surface area contributed by atoms with Gasteiger partial charge in [-0.3, -0.25) is 9.80 Å². The van der Waals surface area contributed by atoms with Crippen molar-refractivity contribution in [1.29, 1.82) is 0 Å². The number of aromatic nitrogens is 1. The maximum absolute atomic E-state index is 12.9.